The van der Waals surface area contributed by atoms with E-state index in [-0.39, 0.29) is 6.04 Å². The molecule has 0 aliphatic carbocycles. The van der Waals surface area contributed by atoms with Crippen LogP contribution in [0.15, 0.2) is 30.3 Å². The van der Waals surface area contributed by atoms with Gasteiger partial charge in [-0.25, -0.2) is 4.98 Å². The third-order valence-electron chi connectivity index (χ3n) is 2.84. The van der Waals surface area contributed by atoms with E-state index in [1.54, 1.807) is 11.3 Å². The molecule has 0 fully saturated rings. The number of benzene rings is 1. The summed E-state index contributed by atoms with van der Waals surface area (Å²) < 4.78 is 0. The van der Waals surface area contributed by atoms with Crippen LogP contribution in [0.1, 0.15) is 24.0 Å². The average molecular weight is 246 g/mol. The van der Waals surface area contributed by atoms with E-state index in [9.17, 15) is 0 Å². The minimum Gasteiger partial charge on any atom is -0.327 e. The zero-order chi connectivity index (χ0) is 12.3. The quantitative estimate of drug-likeness (QED) is 0.898. The minimum absolute atomic E-state index is 0.226. The Balaban J connectivity index is 2.25. The molecular formula is C14H18N2S. The van der Waals surface area contributed by atoms with Gasteiger partial charge in [0.25, 0.3) is 0 Å². The number of thiazole rings is 1. The summed E-state index contributed by atoms with van der Waals surface area (Å²) in [6, 6.07) is 10.6. The first-order valence-corrected chi connectivity index (χ1v) is 6.79. The van der Waals surface area contributed by atoms with Crippen molar-refractivity contribution in [2.24, 2.45) is 5.73 Å². The summed E-state index contributed by atoms with van der Waals surface area (Å²) in [4.78, 5) is 5.88. The molecule has 0 spiro atoms. The van der Waals surface area contributed by atoms with Crippen molar-refractivity contribution in [2.75, 3.05) is 0 Å². The van der Waals surface area contributed by atoms with Crippen molar-refractivity contribution in [1.82, 2.24) is 4.98 Å². The molecule has 1 unspecified atom stereocenters. The van der Waals surface area contributed by atoms with E-state index in [4.69, 9.17) is 5.73 Å². The lowest BCUT2D eigenvalue weighted by atomic mass is 10.1. The molecule has 17 heavy (non-hydrogen) atoms. The van der Waals surface area contributed by atoms with E-state index >= 15 is 0 Å². The van der Waals surface area contributed by atoms with Crippen LogP contribution < -0.4 is 5.73 Å². The zero-order valence-electron chi connectivity index (χ0n) is 10.3. The van der Waals surface area contributed by atoms with Gasteiger partial charge in [0.2, 0.25) is 0 Å². The van der Waals surface area contributed by atoms with Crippen molar-refractivity contribution in [3.8, 4) is 10.4 Å². The van der Waals surface area contributed by atoms with Gasteiger partial charge in [0.1, 0.15) is 0 Å². The molecule has 2 rings (SSSR count). The van der Waals surface area contributed by atoms with Crippen LogP contribution in [0, 0.1) is 6.92 Å². The van der Waals surface area contributed by atoms with Crippen molar-refractivity contribution in [3.05, 3.63) is 41.0 Å². The molecule has 0 amide bonds. The maximum absolute atomic E-state index is 5.97. The molecule has 3 heteroatoms. The van der Waals surface area contributed by atoms with E-state index in [1.165, 1.54) is 10.4 Å². The second-order valence-corrected chi connectivity index (χ2v) is 5.34. The van der Waals surface area contributed by atoms with Crippen molar-refractivity contribution in [3.63, 3.8) is 0 Å². The van der Waals surface area contributed by atoms with Gasteiger partial charge in [-0.1, -0.05) is 37.3 Å². The number of nitrogens with zero attached hydrogens (tertiary/aromatic N) is 1. The Bertz CT molecular complexity index is 476. The number of rotatable bonds is 4. The molecule has 1 aromatic carbocycles. The van der Waals surface area contributed by atoms with Crippen LogP contribution in [0.4, 0.5) is 0 Å². The second kappa shape index (κ2) is 5.43. The van der Waals surface area contributed by atoms with Gasteiger partial charge >= 0.3 is 0 Å². The van der Waals surface area contributed by atoms with Crippen molar-refractivity contribution < 1.29 is 0 Å². The van der Waals surface area contributed by atoms with E-state index in [0.717, 1.165) is 23.5 Å². The third kappa shape index (κ3) is 2.93. The van der Waals surface area contributed by atoms with Gasteiger partial charge in [-0.15, -0.1) is 11.3 Å². The molecular weight excluding hydrogens is 228 g/mol. The molecule has 90 valence electrons. The van der Waals surface area contributed by atoms with Crippen LogP contribution in [0.5, 0.6) is 0 Å². The highest BCUT2D eigenvalue weighted by Crippen LogP contribution is 2.30. The number of hydrogen-bond donors (Lipinski definition) is 1. The lowest BCUT2D eigenvalue weighted by molar-refractivity contribution is 0.643. The van der Waals surface area contributed by atoms with Gasteiger partial charge < -0.3 is 5.73 Å². The van der Waals surface area contributed by atoms with Gasteiger partial charge in [0, 0.05) is 12.5 Å². The van der Waals surface area contributed by atoms with E-state index in [0.29, 0.717) is 0 Å². The molecule has 0 aliphatic rings. The van der Waals surface area contributed by atoms with E-state index in [2.05, 4.69) is 43.1 Å². The molecule has 2 nitrogen and oxygen atoms in total. The monoisotopic (exact) mass is 246 g/mol. The highest BCUT2D eigenvalue weighted by molar-refractivity contribution is 7.15. The van der Waals surface area contributed by atoms with Crippen LogP contribution in [-0.4, -0.2) is 11.0 Å². The highest BCUT2D eigenvalue weighted by atomic mass is 32.1. The average Bonchev–Trinajstić information content (AvgIpc) is 2.71. The summed E-state index contributed by atoms with van der Waals surface area (Å²) in [7, 11) is 0. The fourth-order valence-electron chi connectivity index (χ4n) is 1.77. The lowest BCUT2D eigenvalue weighted by Gasteiger charge is -2.04. The minimum atomic E-state index is 0.226. The molecule has 0 saturated heterocycles. The smallest absolute Gasteiger partial charge is 0.0950 e. The van der Waals surface area contributed by atoms with Crippen molar-refractivity contribution in [1.29, 1.82) is 0 Å². The molecule has 1 heterocycles. The van der Waals surface area contributed by atoms with Gasteiger partial charge in [-0.3, -0.25) is 0 Å². The van der Waals surface area contributed by atoms with Gasteiger partial charge in [-0.05, 0) is 18.9 Å². The first-order chi connectivity index (χ1) is 8.20. The second-order valence-electron chi connectivity index (χ2n) is 4.26. The first kappa shape index (κ1) is 12.3. The van der Waals surface area contributed by atoms with Crippen LogP contribution in [0.2, 0.25) is 0 Å². The summed E-state index contributed by atoms with van der Waals surface area (Å²) in [5.74, 6) is 0. The summed E-state index contributed by atoms with van der Waals surface area (Å²) >= 11 is 1.77. The fourth-order valence-corrected chi connectivity index (χ4v) is 2.93. The lowest BCUT2D eigenvalue weighted by Crippen LogP contribution is -2.21. The Kier molecular flexibility index (Phi) is 3.92. The molecule has 0 radical (unpaired) electrons. The van der Waals surface area contributed by atoms with Crippen molar-refractivity contribution >= 4 is 11.3 Å². The topological polar surface area (TPSA) is 38.9 Å². The summed E-state index contributed by atoms with van der Waals surface area (Å²) in [5.41, 5.74) is 8.33. The predicted octanol–water partition coefficient (Wildman–Crippen LogP) is 3.40. The number of nitrogens with two attached hydrogens (primary N) is 1. The Morgan fingerprint density at radius 3 is 2.65 bits per heavy atom. The van der Waals surface area contributed by atoms with E-state index in [1.807, 2.05) is 6.07 Å². The highest BCUT2D eigenvalue weighted by Gasteiger charge is 2.11. The summed E-state index contributed by atoms with van der Waals surface area (Å²) in [5, 5.41) is 1.15. The summed E-state index contributed by atoms with van der Waals surface area (Å²) in [6.45, 7) is 4.18. The Morgan fingerprint density at radius 1 is 1.29 bits per heavy atom. The standard InChI is InChI=1S/C14H18N2S/c1-3-12(15)9-13-16-10(2)14(17-13)11-7-5-4-6-8-11/h4-8,12H,3,9,15H2,1-2H3. The molecule has 0 aliphatic heterocycles. The molecule has 2 aromatic rings. The van der Waals surface area contributed by atoms with Crippen LogP contribution in [0.3, 0.4) is 0 Å². The van der Waals surface area contributed by atoms with Gasteiger partial charge in [-0.2, -0.15) is 0 Å². The Morgan fingerprint density at radius 2 is 2.00 bits per heavy atom. The number of aryl methyl sites for hydroxylation is 1. The molecule has 1 atom stereocenters. The van der Waals surface area contributed by atoms with Crippen molar-refractivity contribution in [2.45, 2.75) is 32.7 Å². The largest absolute Gasteiger partial charge is 0.327 e. The normalized spacial score (nSPS) is 12.6. The molecule has 1 aromatic heterocycles. The maximum Gasteiger partial charge on any atom is 0.0950 e. The fraction of sp³-hybridized carbons (Fsp3) is 0.357. The van der Waals surface area contributed by atoms with Gasteiger partial charge in [0.15, 0.2) is 0 Å². The number of aromatic nitrogens is 1. The molecule has 0 saturated carbocycles. The SMILES string of the molecule is CCC(N)Cc1nc(C)c(-c2ccccc2)s1. The van der Waals surface area contributed by atoms with Crippen LogP contribution >= 0.6 is 11.3 Å². The Labute approximate surface area is 107 Å². The maximum atomic E-state index is 5.97. The van der Waals surface area contributed by atoms with Crippen LogP contribution in [-0.2, 0) is 6.42 Å². The zero-order valence-corrected chi connectivity index (χ0v) is 11.1. The van der Waals surface area contributed by atoms with Crippen LogP contribution in [0.25, 0.3) is 10.4 Å². The first-order valence-electron chi connectivity index (χ1n) is 5.98. The molecule has 0 bridgehead atoms. The number of hydrogen-bond acceptors (Lipinski definition) is 3. The summed E-state index contributed by atoms with van der Waals surface area (Å²) in [6.07, 6.45) is 1.88. The van der Waals surface area contributed by atoms with E-state index < -0.39 is 0 Å². The van der Waals surface area contributed by atoms with Gasteiger partial charge in [0.05, 0.1) is 15.6 Å². The third-order valence-corrected chi connectivity index (χ3v) is 4.07. The Hall–Kier alpha value is -1.19. The predicted molar refractivity (Wildman–Crippen MR) is 74.3 cm³/mol. The molecule has 2 N–H and O–H groups in total.